The van der Waals surface area contributed by atoms with Gasteiger partial charge in [0.05, 0.1) is 12.0 Å². The molecule has 116 valence electrons. The number of aliphatic hydroxyl groups is 1. The molecule has 6 nitrogen and oxygen atoms in total. The van der Waals surface area contributed by atoms with E-state index in [0.717, 1.165) is 5.56 Å². The van der Waals surface area contributed by atoms with Crippen molar-refractivity contribution >= 4 is 23.6 Å². The van der Waals surface area contributed by atoms with Crippen LogP contribution in [0.25, 0.3) is 0 Å². The fourth-order valence-electron chi connectivity index (χ4n) is 1.69. The first-order chi connectivity index (χ1) is 9.78. The van der Waals surface area contributed by atoms with Gasteiger partial charge in [-0.25, -0.2) is 4.79 Å². The van der Waals surface area contributed by atoms with Crippen molar-refractivity contribution in [1.29, 1.82) is 0 Å². The first-order valence-corrected chi connectivity index (χ1v) is 6.87. The predicted molar refractivity (Wildman–Crippen MR) is 79.4 cm³/mol. The van der Waals surface area contributed by atoms with Crippen LogP contribution in [0.2, 0.25) is 5.02 Å². The lowest BCUT2D eigenvalue weighted by molar-refractivity contribution is -0.141. The van der Waals surface area contributed by atoms with Crippen molar-refractivity contribution in [1.82, 2.24) is 10.6 Å². The molecule has 0 saturated heterocycles. The molecule has 1 unspecified atom stereocenters. The second kappa shape index (κ2) is 7.85. The molecule has 1 aromatic carbocycles. The summed E-state index contributed by atoms with van der Waals surface area (Å²) >= 11 is 5.77. The molecule has 7 heteroatoms. The van der Waals surface area contributed by atoms with Crippen LogP contribution in [0.1, 0.15) is 18.9 Å². The molecule has 1 rings (SSSR count). The van der Waals surface area contributed by atoms with E-state index in [4.69, 9.17) is 16.7 Å². The first-order valence-electron chi connectivity index (χ1n) is 6.49. The summed E-state index contributed by atoms with van der Waals surface area (Å²) in [5, 5.41) is 24.1. The maximum absolute atomic E-state index is 11.5. The number of hydrogen-bond donors (Lipinski definition) is 4. The molecule has 0 saturated carbocycles. The quantitative estimate of drug-likeness (QED) is 0.611. The van der Waals surface area contributed by atoms with E-state index in [9.17, 15) is 14.7 Å². The van der Waals surface area contributed by atoms with Gasteiger partial charge in [-0.1, -0.05) is 23.7 Å². The molecule has 0 heterocycles. The van der Waals surface area contributed by atoms with Crippen molar-refractivity contribution in [3.8, 4) is 0 Å². The lowest BCUT2D eigenvalue weighted by Crippen LogP contribution is -2.46. The van der Waals surface area contributed by atoms with Crippen LogP contribution in [0.4, 0.5) is 4.79 Å². The molecule has 21 heavy (non-hydrogen) atoms. The number of benzene rings is 1. The topological polar surface area (TPSA) is 98.7 Å². The minimum Gasteiger partial charge on any atom is -0.481 e. The van der Waals surface area contributed by atoms with Gasteiger partial charge in [0.2, 0.25) is 0 Å². The number of carboxylic acids is 1. The molecular formula is C14H19ClN2O4. The van der Waals surface area contributed by atoms with E-state index < -0.39 is 24.0 Å². The molecule has 4 N–H and O–H groups in total. The summed E-state index contributed by atoms with van der Waals surface area (Å²) in [5.74, 6) is -1.12. The molecule has 0 bridgehead atoms. The van der Waals surface area contributed by atoms with Crippen LogP contribution >= 0.6 is 11.6 Å². The number of amides is 2. The van der Waals surface area contributed by atoms with Gasteiger partial charge in [0.1, 0.15) is 0 Å². The number of halogens is 1. The Morgan fingerprint density at radius 1 is 1.24 bits per heavy atom. The summed E-state index contributed by atoms with van der Waals surface area (Å²) < 4.78 is 0. The molecule has 0 fully saturated rings. The van der Waals surface area contributed by atoms with Gasteiger partial charge in [-0.2, -0.15) is 0 Å². The molecular weight excluding hydrogens is 296 g/mol. The highest BCUT2D eigenvalue weighted by molar-refractivity contribution is 6.30. The number of carbonyl (C=O) groups excluding carboxylic acids is 1. The molecule has 1 aromatic rings. The van der Waals surface area contributed by atoms with Crippen LogP contribution < -0.4 is 10.6 Å². The van der Waals surface area contributed by atoms with Gasteiger partial charge in [0.25, 0.3) is 0 Å². The van der Waals surface area contributed by atoms with Gasteiger partial charge in [-0.05, 0) is 31.0 Å². The van der Waals surface area contributed by atoms with Crippen LogP contribution in [0.5, 0.6) is 0 Å². The fourth-order valence-corrected chi connectivity index (χ4v) is 1.82. The van der Waals surface area contributed by atoms with Crippen molar-refractivity contribution in [2.45, 2.75) is 25.4 Å². The Hall–Kier alpha value is -1.79. The van der Waals surface area contributed by atoms with E-state index in [0.29, 0.717) is 18.0 Å². The summed E-state index contributed by atoms with van der Waals surface area (Å²) in [6.07, 6.45) is 0.216. The van der Waals surface area contributed by atoms with E-state index in [1.807, 2.05) is 12.1 Å². The third-order valence-corrected chi connectivity index (χ3v) is 3.03. The van der Waals surface area contributed by atoms with Crippen molar-refractivity contribution in [3.63, 3.8) is 0 Å². The van der Waals surface area contributed by atoms with Gasteiger partial charge >= 0.3 is 12.0 Å². The zero-order valence-electron chi connectivity index (χ0n) is 11.7. The minimum atomic E-state index is -1.47. The van der Waals surface area contributed by atoms with Crippen LogP contribution in [0, 0.1) is 0 Å². The smallest absolute Gasteiger partial charge is 0.314 e. The molecule has 0 aliphatic heterocycles. The lowest BCUT2D eigenvalue weighted by atomic mass is 10.0. The van der Waals surface area contributed by atoms with Crippen LogP contribution in [0.3, 0.4) is 0 Å². The monoisotopic (exact) mass is 314 g/mol. The van der Waals surface area contributed by atoms with E-state index in [1.54, 1.807) is 12.1 Å². The predicted octanol–water partition coefficient (Wildman–Crippen LogP) is 1.41. The number of aliphatic carboxylic acids is 1. The minimum absolute atomic E-state index is 0.133. The van der Waals surface area contributed by atoms with Gasteiger partial charge < -0.3 is 20.8 Å². The van der Waals surface area contributed by atoms with Crippen molar-refractivity contribution in [2.75, 3.05) is 13.1 Å². The summed E-state index contributed by atoms with van der Waals surface area (Å²) in [5.41, 5.74) is -0.433. The zero-order valence-corrected chi connectivity index (χ0v) is 12.5. The summed E-state index contributed by atoms with van der Waals surface area (Å²) in [6.45, 7) is 1.65. The second-order valence-corrected chi connectivity index (χ2v) is 5.49. The van der Waals surface area contributed by atoms with E-state index in [2.05, 4.69) is 10.6 Å². The third kappa shape index (κ3) is 7.53. The Morgan fingerprint density at radius 2 is 1.86 bits per heavy atom. The van der Waals surface area contributed by atoms with Gasteiger partial charge in [0.15, 0.2) is 0 Å². The van der Waals surface area contributed by atoms with E-state index in [1.165, 1.54) is 6.92 Å². The van der Waals surface area contributed by atoms with Gasteiger partial charge in [-0.3, -0.25) is 4.79 Å². The largest absolute Gasteiger partial charge is 0.481 e. The molecule has 0 radical (unpaired) electrons. The molecule has 0 aromatic heterocycles. The SMILES string of the molecule is CC(O)(CNC(=O)NCCc1ccc(Cl)cc1)CC(=O)O. The average molecular weight is 315 g/mol. The molecule has 2 amide bonds. The summed E-state index contributed by atoms with van der Waals surface area (Å²) in [6, 6.07) is 6.86. The third-order valence-electron chi connectivity index (χ3n) is 2.77. The highest BCUT2D eigenvalue weighted by Gasteiger charge is 2.24. The van der Waals surface area contributed by atoms with E-state index >= 15 is 0 Å². The molecule has 0 aliphatic carbocycles. The highest BCUT2D eigenvalue weighted by Crippen LogP contribution is 2.09. The molecule has 0 aliphatic rings. The Morgan fingerprint density at radius 3 is 2.43 bits per heavy atom. The van der Waals surface area contributed by atoms with Crippen molar-refractivity contribution < 1.29 is 19.8 Å². The van der Waals surface area contributed by atoms with Crippen LogP contribution in [0.15, 0.2) is 24.3 Å². The molecule has 1 atom stereocenters. The van der Waals surface area contributed by atoms with Crippen molar-refractivity contribution in [2.24, 2.45) is 0 Å². The van der Waals surface area contributed by atoms with Crippen LogP contribution in [-0.4, -0.2) is 40.9 Å². The number of urea groups is 1. The fraction of sp³-hybridized carbons (Fsp3) is 0.429. The summed E-state index contributed by atoms with van der Waals surface area (Å²) in [7, 11) is 0. The van der Waals surface area contributed by atoms with Crippen molar-refractivity contribution in [3.05, 3.63) is 34.9 Å². The van der Waals surface area contributed by atoms with Gasteiger partial charge in [0, 0.05) is 18.1 Å². The number of nitrogens with one attached hydrogen (secondary N) is 2. The Kier molecular flexibility index (Phi) is 6.45. The van der Waals surface area contributed by atoms with Crippen LogP contribution in [-0.2, 0) is 11.2 Å². The number of rotatable bonds is 7. The lowest BCUT2D eigenvalue weighted by Gasteiger charge is -2.21. The number of carboxylic acid groups (broad SMARTS) is 1. The molecule has 0 spiro atoms. The number of hydrogen-bond acceptors (Lipinski definition) is 3. The highest BCUT2D eigenvalue weighted by atomic mass is 35.5. The second-order valence-electron chi connectivity index (χ2n) is 5.05. The maximum atomic E-state index is 11.5. The van der Waals surface area contributed by atoms with E-state index in [-0.39, 0.29) is 6.54 Å². The Labute approximate surface area is 128 Å². The first kappa shape index (κ1) is 17.3. The standard InChI is InChI=1S/C14H19ClN2O4/c1-14(21,8-12(18)19)9-17-13(20)16-7-6-10-2-4-11(15)5-3-10/h2-5,21H,6-9H2,1H3,(H,18,19)(H2,16,17,20). The average Bonchev–Trinajstić information content (AvgIpc) is 2.37. The normalized spacial score (nSPS) is 13.3. The maximum Gasteiger partial charge on any atom is 0.314 e. The number of carbonyl (C=O) groups is 2. The summed E-state index contributed by atoms with van der Waals surface area (Å²) in [4.78, 5) is 22.0. The van der Waals surface area contributed by atoms with Gasteiger partial charge in [-0.15, -0.1) is 0 Å². The Bertz CT molecular complexity index is 488. The zero-order chi connectivity index (χ0) is 15.9. The Balaban J connectivity index is 2.25.